The lowest BCUT2D eigenvalue weighted by Crippen LogP contribution is -2.37. The van der Waals surface area contributed by atoms with E-state index in [1.807, 2.05) is 28.8 Å². The van der Waals surface area contributed by atoms with E-state index < -0.39 is 11.7 Å². The molecule has 9 heteroatoms. The van der Waals surface area contributed by atoms with Gasteiger partial charge in [0.05, 0.1) is 21.8 Å². The fourth-order valence-electron chi connectivity index (χ4n) is 4.32. The van der Waals surface area contributed by atoms with E-state index in [4.69, 9.17) is 11.6 Å². The number of aromatic nitrogens is 2. The Morgan fingerprint density at radius 2 is 2.00 bits per heavy atom. The van der Waals surface area contributed by atoms with Crippen LogP contribution in [-0.2, 0) is 26.3 Å². The number of rotatable bonds is 6. The average Bonchev–Trinajstić information content (AvgIpc) is 3.41. The van der Waals surface area contributed by atoms with Crippen LogP contribution >= 0.6 is 11.6 Å². The predicted molar refractivity (Wildman–Crippen MR) is 121 cm³/mol. The van der Waals surface area contributed by atoms with Gasteiger partial charge in [-0.3, -0.25) is 9.58 Å². The Bertz CT molecular complexity index is 1170. The summed E-state index contributed by atoms with van der Waals surface area (Å²) < 4.78 is 42.8. The Hall–Kier alpha value is -3.02. The lowest BCUT2D eigenvalue weighted by molar-refractivity contribution is -0.138. The predicted octanol–water partition coefficient (Wildman–Crippen LogP) is 5.25. The molecule has 0 radical (unpaired) electrons. The molecule has 0 aliphatic carbocycles. The van der Waals surface area contributed by atoms with Crippen molar-refractivity contribution in [2.24, 2.45) is 7.05 Å². The van der Waals surface area contributed by atoms with E-state index >= 15 is 0 Å². The minimum atomic E-state index is -4.44. The van der Waals surface area contributed by atoms with Crippen molar-refractivity contribution in [3.63, 3.8) is 0 Å². The molecule has 1 unspecified atom stereocenters. The molecule has 3 aromatic rings. The third kappa shape index (κ3) is 5.15. The number of nitriles is 1. The van der Waals surface area contributed by atoms with Crippen LogP contribution in [0.25, 0.3) is 0 Å². The maximum Gasteiger partial charge on any atom is 0.416 e. The standard InChI is InChI=1S/C24H23ClF3N5/c1-31-20(8-10-30-31)15-32-11-9-21(16-32)33(19-7-6-17(13-29)23(25)12-19)14-18-4-2-3-5-22(18)24(26,27)28/h2-8,10,12,21H,9,11,14-16H2,1H3. The Morgan fingerprint density at radius 3 is 2.67 bits per heavy atom. The van der Waals surface area contributed by atoms with Crippen LogP contribution in [0.4, 0.5) is 18.9 Å². The highest BCUT2D eigenvalue weighted by Crippen LogP contribution is 2.35. The molecule has 1 fully saturated rings. The summed E-state index contributed by atoms with van der Waals surface area (Å²) in [5.74, 6) is 0. The van der Waals surface area contributed by atoms with Gasteiger partial charge in [-0.2, -0.15) is 23.5 Å². The van der Waals surface area contributed by atoms with Gasteiger partial charge >= 0.3 is 6.18 Å². The lowest BCUT2D eigenvalue weighted by atomic mass is 10.0. The number of nitrogens with zero attached hydrogens (tertiary/aromatic N) is 5. The van der Waals surface area contributed by atoms with E-state index in [2.05, 4.69) is 10.00 Å². The van der Waals surface area contributed by atoms with Crippen LogP contribution in [0.2, 0.25) is 5.02 Å². The zero-order valence-electron chi connectivity index (χ0n) is 18.1. The smallest absolute Gasteiger partial charge is 0.363 e. The van der Waals surface area contributed by atoms with Crippen LogP contribution < -0.4 is 4.90 Å². The Labute approximate surface area is 195 Å². The van der Waals surface area contributed by atoms with E-state index in [9.17, 15) is 18.4 Å². The van der Waals surface area contributed by atoms with Crippen molar-refractivity contribution >= 4 is 17.3 Å². The first-order valence-electron chi connectivity index (χ1n) is 10.6. The number of anilines is 1. The van der Waals surface area contributed by atoms with Crippen LogP contribution in [0.15, 0.2) is 54.7 Å². The summed E-state index contributed by atoms with van der Waals surface area (Å²) in [6.45, 7) is 2.31. The second-order valence-electron chi connectivity index (χ2n) is 8.18. The molecule has 1 aliphatic rings. The molecule has 0 N–H and O–H groups in total. The van der Waals surface area contributed by atoms with Gasteiger partial charge in [0.25, 0.3) is 0 Å². The molecular formula is C24H23ClF3N5. The molecule has 4 rings (SSSR count). The molecular weight excluding hydrogens is 451 g/mol. The van der Waals surface area contributed by atoms with Gasteiger partial charge in [0.2, 0.25) is 0 Å². The normalized spacial score (nSPS) is 16.7. The zero-order chi connectivity index (χ0) is 23.6. The monoisotopic (exact) mass is 473 g/mol. The molecule has 172 valence electrons. The molecule has 2 aromatic carbocycles. The van der Waals surface area contributed by atoms with Crippen molar-refractivity contribution < 1.29 is 13.2 Å². The highest BCUT2D eigenvalue weighted by atomic mass is 35.5. The second kappa shape index (κ2) is 9.46. The van der Waals surface area contributed by atoms with Crippen molar-refractivity contribution in [1.29, 1.82) is 5.26 Å². The van der Waals surface area contributed by atoms with E-state index in [1.165, 1.54) is 12.1 Å². The van der Waals surface area contributed by atoms with Gasteiger partial charge in [-0.15, -0.1) is 0 Å². The van der Waals surface area contributed by atoms with Crippen molar-refractivity contribution in [3.8, 4) is 6.07 Å². The Balaban J connectivity index is 1.64. The summed E-state index contributed by atoms with van der Waals surface area (Å²) in [5.41, 5.74) is 1.67. The van der Waals surface area contributed by atoms with Crippen LogP contribution in [-0.4, -0.2) is 33.8 Å². The van der Waals surface area contributed by atoms with Gasteiger partial charge in [-0.25, -0.2) is 0 Å². The third-order valence-corrected chi connectivity index (χ3v) is 6.38. The molecule has 2 heterocycles. The number of benzene rings is 2. The summed E-state index contributed by atoms with van der Waals surface area (Å²) in [7, 11) is 1.89. The number of aryl methyl sites for hydroxylation is 1. The minimum absolute atomic E-state index is 0.0106. The van der Waals surface area contributed by atoms with Gasteiger partial charge in [-0.1, -0.05) is 29.8 Å². The fourth-order valence-corrected chi connectivity index (χ4v) is 4.54. The highest BCUT2D eigenvalue weighted by molar-refractivity contribution is 6.32. The van der Waals surface area contributed by atoms with Crippen molar-refractivity contribution in [2.75, 3.05) is 18.0 Å². The summed E-state index contributed by atoms with van der Waals surface area (Å²) in [6.07, 6.45) is -1.89. The van der Waals surface area contributed by atoms with Crippen molar-refractivity contribution in [2.45, 2.75) is 31.7 Å². The largest absolute Gasteiger partial charge is 0.416 e. The third-order valence-electron chi connectivity index (χ3n) is 6.06. The van der Waals surface area contributed by atoms with Crippen molar-refractivity contribution in [1.82, 2.24) is 14.7 Å². The van der Waals surface area contributed by atoms with Gasteiger partial charge in [0.15, 0.2) is 0 Å². The molecule has 33 heavy (non-hydrogen) atoms. The summed E-state index contributed by atoms with van der Waals surface area (Å²) in [4.78, 5) is 4.25. The molecule has 0 spiro atoms. The highest BCUT2D eigenvalue weighted by Gasteiger charge is 2.35. The number of hydrogen-bond acceptors (Lipinski definition) is 4. The number of likely N-dealkylation sites (tertiary alicyclic amines) is 1. The summed E-state index contributed by atoms with van der Waals surface area (Å²) in [5, 5.41) is 13.7. The quantitative estimate of drug-likeness (QED) is 0.491. The first-order chi connectivity index (χ1) is 15.8. The number of halogens is 4. The Morgan fingerprint density at radius 1 is 1.21 bits per heavy atom. The number of alkyl halides is 3. The second-order valence-corrected chi connectivity index (χ2v) is 8.59. The fraction of sp³-hybridized carbons (Fsp3) is 0.333. The maximum absolute atomic E-state index is 13.7. The van der Waals surface area contributed by atoms with Gasteiger partial charge in [-0.05, 0) is 42.3 Å². The molecule has 1 atom stereocenters. The minimum Gasteiger partial charge on any atom is -0.363 e. The van der Waals surface area contributed by atoms with E-state index in [0.717, 1.165) is 24.7 Å². The molecule has 0 amide bonds. The van der Waals surface area contributed by atoms with Gasteiger partial charge < -0.3 is 4.90 Å². The first kappa shape index (κ1) is 23.1. The van der Waals surface area contributed by atoms with Gasteiger partial charge in [0, 0.05) is 51.2 Å². The van der Waals surface area contributed by atoms with Crippen LogP contribution in [0.1, 0.15) is 28.8 Å². The topological polar surface area (TPSA) is 48.1 Å². The SMILES string of the molecule is Cn1nccc1CN1CCC(N(Cc2ccccc2C(F)(F)F)c2ccc(C#N)c(Cl)c2)C1. The average molecular weight is 474 g/mol. The molecule has 0 saturated carbocycles. The van der Waals surface area contributed by atoms with Crippen LogP contribution in [0.3, 0.4) is 0 Å². The van der Waals surface area contributed by atoms with Crippen LogP contribution in [0.5, 0.6) is 0 Å². The first-order valence-corrected chi connectivity index (χ1v) is 10.9. The molecule has 0 bridgehead atoms. The summed E-state index contributed by atoms with van der Waals surface area (Å²) in [6, 6.07) is 14.7. The number of hydrogen-bond donors (Lipinski definition) is 0. The summed E-state index contributed by atoms with van der Waals surface area (Å²) >= 11 is 6.28. The van der Waals surface area contributed by atoms with E-state index in [0.29, 0.717) is 24.3 Å². The lowest BCUT2D eigenvalue weighted by Gasteiger charge is -2.32. The molecule has 1 aromatic heterocycles. The zero-order valence-corrected chi connectivity index (χ0v) is 18.8. The van der Waals surface area contributed by atoms with Gasteiger partial charge in [0.1, 0.15) is 6.07 Å². The van der Waals surface area contributed by atoms with Crippen molar-refractivity contribution in [3.05, 3.63) is 82.1 Å². The molecule has 5 nitrogen and oxygen atoms in total. The molecule has 1 aliphatic heterocycles. The maximum atomic E-state index is 13.7. The van der Waals surface area contributed by atoms with Crippen LogP contribution in [0, 0.1) is 11.3 Å². The molecule has 1 saturated heterocycles. The Kier molecular flexibility index (Phi) is 6.63. The van der Waals surface area contributed by atoms with E-state index in [1.54, 1.807) is 30.5 Å². The van der Waals surface area contributed by atoms with E-state index in [-0.39, 0.29) is 23.2 Å².